The second kappa shape index (κ2) is 2.56. The van der Waals surface area contributed by atoms with Gasteiger partial charge in [-0.25, -0.2) is 4.63 Å². The lowest BCUT2D eigenvalue weighted by Crippen LogP contribution is -2.24. The molecule has 0 spiro atoms. The molecule has 6 nitrogen and oxygen atoms in total. The molecule has 1 aliphatic rings. The molecule has 64 valence electrons. The summed E-state index contributed by atoms with van der Waals surface area (Å²) < 4.78 is 4.44. The van der Waals surface area contributed by atoms with Crippen LogP contribution in [0.4, 0.5) is 0 Å². The van der Waals surface area contributed by atoms with Gasteiger partial charge < -0.3 is 10.3 Å². The van der Waals surface area contributed by atoms with E-state index in [4.69, 9.17) is 5.21 Å². The maximum absolute atomic E-state index is 9.27. The predicted octanol–water partition coefficient (Wildman–Crippen LogP) is -0.445. The number of fused-ring (bicyclic) bond motifs is 1. The van der Waals surface area contributed by atoms with Crippen molar-refractivity contribution in [1.82, 2.24) is 10.3 Å². The number of rotatable bonds is 0. The average molecular weight is 169 g/mol. The smallest absolute Gasteiger partial charge is 0.156 e. The Bertz CT molecular complexity index is 320. The van der Waals surface area contributed by atoms with Crippen molar-refractivity contribution in [3.8, 4) is 0 Å². The van der Waals surface area contributed by atoms with Crippen LogP contribution in [0.25, 0.3) is 0 Å². The van der Waals surface area contributed by atoms with Gasteiger partial charge in [-0.15, -0.1) is 0 Å². The highest BCUT2D eigenvalue weighted by atomic mass is 16.6. The number of nitrogens with zero attached hydrogens (tertiary/aromatic N) is 3. The second-order valence-electron chi connectivity index (χ2n) is 2.67. The Balaban J connectivity index is 2.45. The van der Waals surface area contributed by atoms with Gasteiger partial charge in [0.1, 0.15) is 11.4 Å². The molecule has 0 unspecified atom stereocenters. The van der Waals surface area contributed by atoms with Gasteiger partial charge in [0.25, 0.3) is 0 Å². The molecule has 0 saturated heterocycles. The molecule has 0 aliphatic heterocycles. The van der Waals surface area contributed by atoms with Crippen LogP contribution in [0.5, 0.6) is 0 Å². The first-order valence-electron chi connectivity index (χ1n) is 3.52. The summed E-state index contributed by atoms with van der Waals surface area (Å²) in [5, 5.41) is 27.9. The summed E-state index contributed by atoms with van der Waals surface area (Å²) in [5.41, 5.74) is 1.31. The van der Waals surface area contributed by atoms with E-state index in [0.717, 1.165) is 0 Å². The second-order valence-corrected chi connectivity index (χ2v) is 2.67. The molecule has 1 heterocycles. The van der Waals surface area contributed by atoms with E-state index in [1.54, 1.807) is 0 Å². The van der Waals surface area contributed by atoms with E-state index in [1.807, 2.05) is 0 Å². The van der Waals surface area contributed by atoms with Gasteiger partial charge in [0.2, 0.25) is 0 Å². The minimum atomic E-state index is -0.560. The number of aliphatic hydroxyl groups excluding tert-OH is 1. The van der Waals surface area contributed by atoms with Crippen LogP contribution in [-0.4, -0.2) is 32.4 Å². The van der Waals surface area contributed by atoms with Crippen LogP contribution < -0.4 is 0 Å². The highest BCUT2D eigenvalue weighted by Gasteiger charge is 2.27. The molecule has 0 radical (unpaired) electrons. The SMILES string of the molecule is O/N=C1/C[C@@H](O)Cc2nonc21. The first kappa shape index (κ1) is 7.23. The van der Waals surface area contributed by atoms with Gasteiger partial charge in [-0.1, -0.05) is 10.3 Å². The molecule has 1 aromatic heterocycles. The molecule has 2 N–H and O–H groups in total. The fourth-order valence-electron chi connectivity index (χ4n) is 1.26. The Morgan fingerprint density at radius 1 is 1.42 bits per heavy atom. The maximum atomic E-state index is 9.27. The molecule has 2 rings (SSSR count). The average Bonchev–Trinajstić information content (AvgIpc) is 2.50. The number of hydrogen-bond donors (Lipinski definition) is 2. The van der Waals surface area contributed by atoms with E-state index < -0.39 is 6.10 Å². The van der Waals surface area contributed by atoms with Crippen LogP contribution in [-0.2, 0) is 6.42 Å². The Morgan fingerprint density at radius 3 is 3.00 bits per heavy atom. The van der Waals surface area contributed by atoms with Crippen molar-refractivity contribution in [1.29, 1.82) is 0 Å². The van der Waals surface area contributed by atoms with Crippen molar-refractivity contribution in [2.24, 2.45) is 5.16 Å². The van der Waals surface area contributed by atoms with Gasteiger partial charge in [0, 0.05) is 12.8 Å². The zero-order chi connectivity index (χ0) is 8.55. The molecule has 12 heavy (non-hydrogen) atoms. The third-order valence-corrected chi connectivity index (χ3v) is 1.81. The summed E-state index contributed by atoms with van der Waals surface area (Å²) in [7, 11) is 0. The molecule has 0 amide bonds. The van der Waals surface area contributed by atoms with E-state index in [2.05, 4.69) is 20.1 Å². The maximum Gasteiger partial charge on any atom is 0.156 e. The Morgan fingerprint density at radius 2 is 2.25 bits per heavy atom. The topological polar surface area (TPSA) is 91.7 Å². The van der Waals surface area contributed by atoms with E-state index in [0.29, 0.717) is 23.5 Å². The molecule has 0 aromatic carbocycles. The first-order chi connectivity index (χ1) is 5.81. The highest BCUT2D eigenvalue weighted by molar-refractivity contribution is 6.00. The first-order valence-corrected chi connectivity index (χ1v) is 3.52. The zero-order valence-corrected chi connectivity index (χ0v) is 6.14. The number of aliphatic hydroxyl groups is 1. The fraction of sp³-hybridized carbons (Fsp3) is 0.500. The van der Waals surface area contributed by atoms with E-state index >= 15 is 0 Å². The van der Waals surface area contributed by atoms with Crippen LogP contribution in [0.3, 0.4) is 0 Å². The van der Waals surface area contributed by atoms with Crippen molar-refractivity contribution >= 4 is 5.71 Å². The molecule has 0 bridgehead atoms. The normalized spacial score (nSPS) is 25.8. The van der Waals surface area contributed by atoms with Crippen LogP contribution >= 0.6 is 0 Å². The van der Waals surface area contributed by atoms with Crippen molar-refractivity contribution < 1.29 is 14.9 Å². The van der Waals surface area contributed by atoms with E-state index in [9.17, 15) is 5.11 Å². The Kier molecular flexibility index (Phi) is 1.54. The van der Waals surface area contributed by atoms with Gasteiger partial charge in [0.15, 0.2) is 5.69 Å². The summed E-state index contributed by atoms with van der Waals surface area (Å²) in [5.74, 6) is 0. The third kappa shape index (κ3) is 0.964. The number of hydrogen-bond acceptors (Lipinski definition) is 6. The minimum absolute atomic E-state index is 0.289. The van der Waals surface area contributed by atoms with Crippen molar-refractivity contribution in [2.75, 3.05) is 0 Å². The largest absolute Gasteiger partial charge is 0.411 e. The van der Waals surface area contributed by atoms with Crippen molar-refractivity contribution in [2.45, 2.75) is 18.9 Å². The van der Waals surface area contributed by atoms with Crippen molar-refractivity contribution in [3.05, 3.63) is 11.4 Å². The molecular formula is C6H7N3O3. The predicted molar refractivity (Wildman–Crippen MR) is 36.9 cm³/mol. The van der Waals surface area contributed by atoms with Gasteiger partial charge in [-0.3, -0.25) is 0 Å². The summed E-state index contributed by atoms with van der Waals surface area (Å²) in [6.07, 6.45) is 0.130. The molecule has 1 aliphatic carbocycles. The third-order valence-electron chi connectivity index (χ3n) is 1.81. The molecule has 0 saturated carbocycles. The summed E-state index contributed by atoms with van der Waals surface area (Å²) in [6.45, 7) is 0. The van der Waals surface area contributed by atoms with Crippen molar-refractivity contribution in [3.63, 3.8) is 0 Å². The lowest BCUT2D eigenvalue weighted by Gasteiger charge is -2.13. The molecule has 0 fully saturated rings. The van der Waals surface area contributed by atoms with Gasteiger partial charge >= 0.3 is 0 Å². The standard InChI is InChI=1S/C6H7N3O3/c10-3-1-4(7-11)6-5(2-3)8-12-9-6/h3,10-11H,1-2H2/b7-4-/t3-/m1/s1. The number of oxime groups is 1. The van der Waals surface area contributed by atoms with Crippen LogP contribution in [0, 0.1) is 0 Å². The molecular weight excluding hydrogens is 162 g/mol. The van der Waals surface area contributed by atoms with Crippen LogP contribution in [0.15, 0.2) is 9.78 Å². The summed E-state index contributed by atoms with van der Waals surface area (Å²) in [6, 6.07) is 0. The van der Waals surface area contributed by atoms with E-state index in [-0.39, 0.29) is 6.42 Å². The Labute approximate surface area is 67.5 Å². The van der Waals surface area contributed by atoms with Crippen LogP contribution in [0.1, 0.15) is 17.8 Å². The molecule has 1 aromatic rings. The van der Waals surface area contributed by atoms with Gasteiger partial charge in [0.05, 0.1) is 6.10 Å². The summed E-state index contributed by atoms with van der Waals surface area (Å²) in [4.78, 5) is 0. The highest BCUT2D eigenvalue weighted by Crippen LogP contribution is 2.18. The minimum Gasteiger partial charge on any atom is -0.411 e. The van der Waals surface area contributed by atoms with Gasteiger partial charge in [-0.2, -0.15) is 0 Å². The quantitative estimate of drug-likeness (QED) is 0.405. The van der Waals surface area contributed by atoms with Gasteiger partial charge in [-0.05, 0) is 5.16 Å². The summed E-state index contributed by atoms with van der Waals surface area (Å²) >= 11 is 0. The van der Waals surface area contributed by atoms with E-state index in [1.165, 1.54) is 0 Å². The lowest BCUT2D eigenvalue weighted by molar-refractivity contribution is 0.175. The van der Waals surface area contributed by atoms with Crippen LogP contribution in [0.2, 0.25) is 0 Å². The number of aromatic nitrogens is 2. The molecule has 1 atom stereocenters. The Hall–Kier alpha value is -1.43. The zero-order valence-electron chi connectivity index (χ0n) is 6.14. The monoisotopic (exact) mass is 169 g/mol. The fourth-order valence-corrected chi connectivity index (χ4v) is 1.26. The lowest BCUT2D eigenvalue weighted by atomic mass is 9.97. The molecule has 6 heteroatoms.